The van der Waals surface area contributed by atoms with Crippen molar-refractivity contribution in [2.24, 2.45) is 10.4 Å². The summed E-state index contributed by atoms with van der Waals surface area (Å²) in [5, 5.41) is 2.62. The van der Waals surface area contributed by atoms with E-state index in [9.17, 15) is 4.79 Å². The third kappa shape index (κ3) is 2.62. The second-order valence-electron chi connectivity index (χ2n) is 9.14. The minimum absolute atomic E-state index is 0.131. The number of aliphatic imine (C=N–C) groups is 1. The molecule has 1 aromatic rings. The van der Waals surface area contributed by atoms with Gasteiger partial charge in [-0.1, -0.05) is 0 Å². The zero-order valence-corrected chi connectivity index (χ0v) is 16.9. The number of hydrogen-bond acceptors (Lipinski definition) is 7. The smallest absolute Gasteiger partial charge is 0.415 e. The molecule has 1 fully saturated rings. The van der Waals surface area contributed by atoms with Crippen LogP contribution in [0, 0.1) is 5.41 Å². The number of carbonyl (C=O) groups excluding carboxylic acids is 1. The predicted octanol–water partition coefficient (Wildman–Crippen LogP) is 2.56. The number of carbonyl (C=O) groups is 1. The Balaban J connectivity index is 1.77. The second kappa shape index (κ2) is 5.76. The molecule has 0 aliphatic carbocycles. The van der Waals surface area contributed by atoms with Crippen LogP contribution in [0.4, 0.5) is 10.5 Å². The highest BCUT2D eigenvalue weighted by Gasteiger charge is 2.71. The van der Waals surface area contributed by atoms with Crippen molar-refractivity contribution in [2.45, 2.75) is 51.4 Å². The Morgan fingerprint density at radius 1 is 1.25 bits per heavy atom. The topological polar surface area (TPSA) is 104 Å². The lowest BCUT2D eigenvalue weighted by molar-refractivity contribution is -0.247. The van der Waals surface area contributed by atoms with Gasteiger partial charge in [-0.2, -0.15) is 0 Å². The summed E-state index contributed by atoms with van der Waals surface area (Å²) in [4.78, 5) is 17.1. The van der Waals surface area contributed by atoms with Crippen LogP contribution in [-0.4, -0.2) is 43.1 Å². The summed E-state index contributed by atoms with van der Waals surface area (Å²) in [6.07, 6.45) is -0.610. The zero-order chi connectivity index (χ0) is 20.4. The van der Waals surface area contributed by atoms with Gasteiger partial charge in [-0.05, 0) is 52.8 Å². The Bertz CT molecular complexity index is 854. The second-order valence-corrected chi connectivity index (χ2v) is 9.14. The Morgan fingerprint density at radius 3 is 2.57 bits per heavy atom. The molecule has 2 spiro atoms. The molecule has 3 aliphatic heterocycles. The average molecular weight is 389 g/mol. The van der Waals surface area contributed by atoms with Gasteiger partial charge in [0.1, 0.15) is 29.1 Å². The van der Waals surface area contributed by atoms with Gasteiger partial charge in [0.2, 0.25) is 0 Å². The van der Waals surface area contributed by atoms with Gasteiger partial charge in [0, 0.05) is 11.3 Å². The Labute approximate surface area is 164 Å². The van der Waals surface area contributed by atoms with E-state index in [1.54, 1.807) is 26.8 Å². The van der Waals surface area contributed by atoms with Crippen LogP contribution in [-0.2, 0) is 19.7 Å². The van der Waals surface area contributed by atoms with Crippen molar-refractivity contribution in [3.05, 3.63) is 23.8 Å². The van der Waals surface area contributed by atoms with E-state index < -0.39 is 28.2 Å². The van der Waals surface area contributed by atoms with Crippen LogP contribution in [0.2, 0.25) is 0 Å². The predicted molar refractivity (Wildman–Crippen MR) is 103 cm³/mol. The van der Waals surface area contributed by atoms with Crippen LogP contribution in [0.1, 0.15) is 40.2 Å². The maximum absolute atomic E-state index is 12.2. The lowest BCUT2D eigenvalue weighted by Gasteiger charge is -2.61. The fraction of sp³-hybridized carbons (Fsp3) is 0.600. The van der Waals surface area contributed by atoms with E-state index in [4.69, 9.17) is 29.7 Å². The Morgan fingerprint density at radius 2 is 1.96 bits per heavy atom. The first-order chi connectivity index (χ1) is 13.0. The van der Waals surface area contributed by atoms with Gasteiger partial charge in [-0.15, -0.1) is 0 Å². The summed E-state index contributed by atoms with van der Waals surface area (Å²) in [5.41, 5.74) is 5.13. The van der Waals surface area contributed by atoms with Gasteiger partial charge in [-0.25, -0.2) is 15.1 Å². The minimum atomic E-state index is -0.776. The van der Waals surface area contributed by atoms with Gasteiger partial charge in [0.05, 0.1) is 18.6 Å². The monoisotopic (exact) mass is 389 g/mol. The first-order valence-corrected chi connectivity index (χ1v) is 9.38. The van der Waals surface area contributed by atoms with Gasteiger partial charge in [-0.3, -0.25) is 0 Å². The van der Waals surface area contributed by atoms with Crippen LogP contribution in [0.3, 0.4) is 0 Å². The maximum Gasteiger partial charge on any atom is 0.415 e. The van der Waals surface area contributed by atoms with Crippen LogP contribution in [0.15, 0.2) is 23.2 Å². The summed E-state index contributed by atoms with van der Waals surface area (Å²) in [6.45, 7) is 10.7. The van der Waals surface area contributed by atoms with Crippen molar-refractivity contribution >= 4 is 17.8 Å². The first kappa shape index (κ1) is 18.9. The number of hydrogen-bond donors (Lipinski definition) is 2. The number of nitrogen functional groups attached to an aromatic ring is 1. The molecule has 1 unspecified atom stereocenters. The van der Waals surface area contributed by atoms with E-state index in [1.807, 2.05) is 26.0 Å². The number of amidine groups is 1. The van der Waals surface area contributed by atoms with E-state index in [0.717, 1.165) is 5.56 Å². The van der Waals surface area contributed by atoms with E-state index >= 15 is 0 Å². The molecule has 3 aliphatic rings. The van der Waals surface area contributed by atoms with Gasteiger partial charge >= 0.3 is 6.09 Å². The fourth-order valence-electron chi connectivity index (χ4n) is 4.23. The molecule has 152 valence electrons. The van der Waals surface area contributed by atoms with Gasteiger partial charge in [0.15, 0.2) is 0 Å². The molecule has 8 heteroatoms. The molecular formula is C20H27N3O5. The van der Waals surface area contributed by atoms with Crippen LogP contribution in [0.25, 0.3) is 0 Å². The van der Waals surface area contributed by atoms with E-state index in [1.165, 1.54) is 0 Å². The molecule has 8 nitrogen and oxygen atoms in total. The molecule has 28 heavy (non-hydrogen) atoms. The lowest BCUT2D eigenvalue weighted by atomic mass is 9.55. The van der Waals surface area contributed by atoms with Gasteiger partial charge < -0.3 is 24.7 Å². The molecule has 4 rings (SSSR count). The average Bonchev–Trinajstić information content (AvgIpc) is 2.88. The molecular weight excluding hydrogens is 362 g/mol. The molecule has 1 atom stereocenters. The van der Waals surface area contributed by atoms with E-state index in [0.29, 0.717) is 24.7 Å². The third-order valence-electron chi connectivity index (χ3n) is 5.77. The van der Waals surface area contributed by atoms with E-state index in [-0.39, 0.29) is 12.6 Å². The van der Waals surface area contributed by atoms with E-state index in [2.05, 4.69) is 5.32 Å². The molecule has 3 N–H and O–H groups in total. The van der Waals surface area contributed by atoms with Crippen molar-refractivity contribution < 1.29 is 23.7 Å². The lowest BCUT2D eigenvalue weighted by Crippen LogP contribution is -2.71. The summed E-state index contributed by atoms with van der Waals surface area (Å²) in [7, 11) is 0. The Hall–Kier alpha value is -2.48. The fourth-order valence-corrected chi connectivity index (χ4v) is 4.23. The van der Waals surface area contributed by atoms with Crippen LogP contribution < -0.4 is 15.8 Å². The van der Waals surface area contributed by atoms with Crippen molar-refractivity contribution in [1.82, 2.24) is 5.32 Å². The SMILES string of the molecule is CC(C)(C)OC(=O)NC1=NC2(CO1)c1cc(N)ccc1OC(C)(C)C21COC1. The number of rotatable bonds is 0. The molecule has 0 radical (unpaired) electrons. The van der Waals surface area contributed by atoms with Crippen LogP contribution >= 0.6 is 0 Å². The molecule has 1 saturated heterocycles. The molecule has 0 bridgehead atoms. The molecule has 0 saturated carbocycles. The van der Waals surface area contributed by atoms with Gasteiger partial charge in [0.25, 0.3) is 6.02 Å². The number of amides is 1. The maximum atomic E-state index is 12.2. The largest absolute Gasteiger partial charge is 0.487 e. The summed E-state index contributed by atoms with van der Waals surface area (Å²) >= 11 is 0. The highest BCUT2D eigenvalue weighted by molar-refractivity contribution is 5.92. The van der Waals surface area contributed by atoms with Crippen LogP contribution in [0.5, 0.6) is 5.75 Å². The van der Waals surface area contributed by atoms with Crippen molar-refractivity contribution in [2.75, 3.05) is 25.6 Å². The minimum Gasteiger partial charge on any atom is -0.487 e. The zero-order valence-electron chi connectivity index (χ0n) is 16.9. The van der Waals surface area contributed by atoms with Crippen molar-refractivity contribution in [1.29, 1.82) is 0 Å². The molecule has 0 aromatic heterocycles. The molecule has 1 amide bonds. The quantitative estimate of drug-likeness (QED) is 0.661. The van der Waals surface area contributed by atoms with Crippen molar-refractivity contribution in [3.8, 4) is 5.75 Å². The number of benzene rings is 1. The summed E-state index contributed by atoms with van der Waals surface area (Å²) in [6, 6.07) is 5.66. The molecule has 1 aromatic carbocycles. The third-order valence-corrected chi connectivity index (χ3v) is 5.77. The Kier molecular flexibility index (Phi) is 3.88. The summed E-state index contributed by atoms with van der Waals surface area (Å²) < 4.78 is 23.1. The highest BCUT2D eigenvalue weighted by atomic mass is 16.6. The number of fused-ring (bicyclic) bond motifs is 3. The number of anilines is 1. The molecule has 3 heterocycles. The summed E-state index contributed by atoms with van der Waals surface area (Å²) in [5.74, 6) is 0.711. The number of nitrogens with two attached hydrogens (primary N) is 1. The first-order valence-electron chi connectivity index (χ1n) is 9.38. The number of alkyl carbamates (subject to hydrolysis) is 1. The number of nitrogens with one attached hydrogen (secondary N) is 1. The normalized spacial score (nSPS) is 26.5. The van der Waals surface area contributed by atoms with Crippen molar-refractivity contribution in [3.63, 3.8) is 0 Å². The highest BCUT2D eigenvalue weighted by Crippen LogP contribution is 2.62. The number of nitrogens with zero attached hydrogens (tertiary/aromatic N) is 1. The number of ether oxygens (including phenoxy) is 4. The standard InChI is InChI=1S/C20H27N3O5/c1-17(2,3)28-16(24)22-15-23-20(11-26-15)13-8-12(21)6-7-14(13)27-18(4,5)19(20)9-25-10-19/h6-8H,9-11,21H2,1-5H3,(H,22,23,24).